The van der Waals surface area contributed by atoms with Crippen molar-refractivity contribution in [2.45, 2.75) is 33.6 Å². The van der Waals surface area contributed by atoms with Gasteiger partial charge in [0.1, 0.15) is 9.84 Å². The van der Waals surface area contributed by atoms with E-state index in [0.717, 1.165) is 25.9 Å². The zero-order chi connectivity index (χ0) is 11.0. The Labute approximate surface area is 88.2 Å². The van der Waals surface area contributed by atoms with Crippen molar-refractivity contribution in [2.75, 3.05) is 24.6 Å². The summed E-state index contributed by atoms with van der Waals surface area (Å²) in [7, 11) is -2.77. The fourth-order valence-corrected chi connectivity index (χ4v) is 2.20. The summed E-state index contributed by atoms with van der Waals surface area (Å²) in [6.07, 6.45) is 1.90. The van der Waals surface area contributed by atoms with Crippen molar-refractivity contribution in [3.63, 3.8) is 0 Å². The monoisotopic (exact) mass is 221 g/mol. The van der Waals surface area contributed by atoms with E-state index < -0.39 is 9.84 Å². The zero-order valence-electron chi connectivity index (χ0n) is 9.54. The molecule has 1 N–H and O–H groups in total. The lowest BCUT2D eigenvalue weighted by Gasteiger charge is -2.11. The van der Waals surface area contributed by atoms with Gasteiger partial charge in [0, 0.05) is 5.75 Å². The summed E-state index contributed by atoms with van der Waals surface area (Å²) in [4.78, 5) is 0. The quantitative estimate of drug-likeness (QED) is 0.631. The van der Waals surface area contributed by atoms with E-state index in [4.69, 9.17) is 0 Å². The first-order valence-corrected chi connectivity index (χ1v) is 7.25. The second kappa shape index (κ2) is 7.23. The summed E-state index contributed by atoms with van der Waals surface area (Å²) >= 11 is 0. The van der Waals surface area contributed by atoms with Gasteiger partial charge in [0.2, 0.25) is 0 Å². The van der Waals surface area contributed by atoms with E-state index in [-0.39, 0.29) is 5.75 Å². The second-order valence-corrected chi connectivity index (χ2v) is 6.31. The summed E-state index contributed by atoms with van der Waals surface area (Å²) in [5.74, 6) is 1.04. The third-order valence-corrected chi connectivity index (χ3v) is 4.02. The highest BCUT2D eigenvalue weighted by atomic mass is 32.2. The van der Waals surface area contributed by atoms with Crippen LogP contribution in [0.3, 0.4) is 0 Å². The Balaban J connectivity index is 3.58. The molecule has 0 heterocycles. The van der Waals surface area contributed by atoms with Crippen LogP contribution < -0.4 is 5.32 Å². The number of nitrogens with one attached hydrogen (secondary N) is 1. The molecular formula is C10H23NO2S. The van der Waals surface area contributed by atoms with Gasteiger partial charge in [0.25, 0.3) is 0 Å². The van der Waals surface area contributed by atoms with Gasteiger partial charge in [-0.3, -0.25) is 0 Å². The van der Waals surface area contributed by atoms with E-state index in [1.54, 1.807) is 6.92 Å². The average Bonchev–Trinajstić information content (AvgIpc) is 2.16. The maximum atomic E-state index is 11.2. The Hall–Kier alpha value is -0.0900. The molecule has 0 bridgehead atoms. The van der Waals surface area contributed by atoms with E-state index in [2.05, 4.69) is 19.2 Å². The first-order valence-electron chi connectivity index (χ1n) is 5.43. The van der Waals surface area contributed by atoms with Crippen LogP contribution >= 0.6 is 0 Å². The van der Waals surface area contributed by atoms with Crippen LogP contribution in [0.1, 0.15) is 33.6 Å². The molecule has 0 aliphatic carbocycles. The van der Waals surface area contributed by atoms with Gasteiger partial charge in [-0.15, -0.1) is 0 Å². The molecule has 0 aromatic carbocycles. The second-order valence-electron chi connectivity index (χ2n) is 3.83. The molecule has 1 unspecified atom stereocenters. The maximum absolute atomic E-state index is 11.2. The van der Waals surface area contributed by atoms with Crippen molar-refractivity contribution in [3.8, 4) is 0 Å². The third-order valence-electron chi connectivity index (χ3n) is 2.28. The van der Waals surface area contributed by atoms with Crippen LogP contribution in [-0.2, 0) is 9.84 Å². The molecule has 0 fully saturated rings. The summed E-state index contributed by atoms with van der Waals surface area (Å²) < 4.78 is 22.4. The van der Waals surface area contributed by atoms with E-state index >= 15 is 0 Å². The van der Waals surface area contributed by atoms with Crippen LogP contribution in [0.4, 0.5) is 0 Å². The Morgan fingerprint density at radius 2 is 1.93 bits per heavy atom. The minimum absolute atomic E-state index is 0.266. The van der Waals surface area contributed by atoms with Crippen LogP contribution in [0.15, 0.2) is 0 Å². The lowest BCUT2D eigenvalue weighted by Crippen LogP contribution is -2.23. The molecule has 0 rings (SSSR count). The average molecular weight is 221 g/mol. The predicted octanol–water partition coefficient (Wildman–Crippen LogP) is 1.45. The van der Waals surface area contributed by atoms with Gasteiger partial charge < -0.3 is 5.32 Å². The Kier molecular flexibility index (Phi) is 7.19. The summed E-state index contributed by atoms with van der Waals surface area (Å²) in [5, 5.41) is 3.29. The minimum atomic E-state index is -2.77. The molecule has 4 heteroatoms. The molecule has 3 nitrogen and oxygen atoms in total. The zero-order valence-corrected chi connectivity index (χ0v) is 10.4. The van der Waals surface area contributed by atoms with Crippen molar-refractivity contribution in [2.24, 2.45) is 5.92 Å². The molecule has 0 aliphatic rings. The van der Waals surface area contributed by atoms with Gasteiger partial charge in [0.05, 0.1) is 5.75 Å². The van der Waals surface area contributed by atoms with Crippen LogP contribution in [0.2, 0.25) is 0 Å². The molecule has 1 atom stereocenters. The fourth-order valence-electron chi connectivity index (χ4n) is 1.15. The van der Waals surface area contributed by atoms with Crippen LogP contribution in [-0.4, -0.2) is 33.0 Å². The van der Waals surface area contributed by atoms with Crippen LogP contribution in [0, 0.1) is 5.92 Å². The molecule has 0 aliphatic heterocycles. The highest BCUT2D eigenvalue weighted by molar-refractivity contribution is 7.91. The standard InChI is InChI=1S/C10H23NO2S/c1-4-7-11-9-10(3)6-8-14(12,13)5-2/h10-11H,4-9H2,1-3H3. The van der Waals surface area contributed by atoms with Crippen molar-refractivity contribution in [3.05, 3.63) is 0 Å². The number of hydrogen-bond acceptors (Lipinski definition) is 3. The van der Waals surface area contributed by atoms with Gasteiger partial charge >= 0.3 is 0 Å². The van der Waals surface area contributed by atoms with Gasteiger partial charge in [-0.25, -0.2) is 8.42 Å². The lowest BCUT2D eigenvalue weighted by molar-refractivity contribution is 0.496. The predicted molar refractivity (Wildman–Crippen MR) is 61.3 cm³/mol. The molecule has 0 amide bonds. The first-order chi connectivity index (χ1) is 6.52. The molecule has 0 aromatic heterocycles. The molecule has 0 saturated heterocycles. The molecule has 0 radical (unpaired) electrons. The summed E-state index contributed by atoms with van der Waals surface area (Å²) in [6.45, 7) is 7.86. The summed E-state index contributed by atoms with van der Waals surface area (Å²) in [5.41, 5.74) is 0. The van der Waals surface area contributed by atoms with Crippen molar-refractivity contribution in [1.82, 2.24) is 5.32 Å². The molecule has 86 valence electrons. The highest BCUT2D eigenvalue weighted by Crippen LogP contribution is 2.03. The normalized spacial score (nSPS) is 14.2. The number of hydrogen-bond donors (Lipinski definition) is 1. The Morgan fingerprint density at radius 3 is 2.43 bits per heavy atom. The van der Waals surface area contributed by atoms with Gasteiger partial charge in [-0.2, -0.15) is 0 Å². The third kappa shape index (κ3) is 7.33. The maximum Gasteiger partial charge on any atom is 0.150 e. The Morgan fingerprint density at radius 1 is 1.29 bits per heavy atom. The van der Waals surface area contributed by atoms with Crippen molar-refractivity contribution in [1.29, 1.82) is 0 Å². The number of sulfone groups is 1. The van der Waals surface area contributed by atoms with Gasteiger partial charge in [-0.1, -0.05) is 20.8 Å². The van der Waals surface area contributed by atoms with Crippen molar-refractivity contribution >= 4 is 9.84 Å². The van der Waals surface area contributed by atoms with E-state index in [0.29, 0.717) is 11.7 Å². The van der Waals surface area contributed by atoms with Gasteiger partial charge in [0.15, 0.2) is 0 Å². The van der Waals surface area contributed by atoms with E-state index in [1.165, 1.54) is 0 Å². The topological polar surface area (TPSA) is 46.2 Å². The van der Waals surface area contributed by atoms with Crippen LogP contribution in [0.5, 0.6) is 0 Å². The highest BCUT2D eigenvalue weighted by Gasteiger charge is 2.10. The largest absolute Gasteiger partial charge is 0.316 e. The smallest absolute Gasteiger partial charge is 0.150 e. The molecule has 0 saturated carbocycles. The lowest BCUT2D eigenvalue weighted by atomic mass is 10.1. The summed E-state index contributed by atoms with van der Waals surface area (Å²) in [6, 6.07) is 0. The molecular weight excluding hydrogens is 198 g/mol. The number of rotatable bonds is 8. The Bertz CT molecular complexity index is 224. The molecule has 0 aromatic rings. The van der Waals surface area contributed by atoms with E-state index in [9.17, 15) is 8.42 Å². The SMILES string of the molecule is CCCNCC(C)CCS(=O)(=O)CC. The first kappa shape index (κ1) is 13.9. The fraction of sp³-hybridized carbons (Fsp3) is 1.00. The van der Waals surface area contributed by atoms with Gasteiger partial charge in [-0.05, 0) is 31.8 Å². The van der Waals surface area contributed by atoms with E-state index in [1.807, 2.05) is 0 Å². The molecule has 14 heavy (non-hydrogen) atoms. The minimum Gasteiger partial charge on any atom is -0.316 e. The molecule has 0 spiro atoms. The van der Waals surface area contributed by atoms with Crippen molar-refractivity contribution < 1.29 is 8.42 Å². The van der Waals surface area contributed by atoms with Crippen LogP contribution in [0.25, 0.3) is 0 Å².